The Bertz CT molecular complexity index is 885. The molecule has 1 atom stereocenters. The minimum absolute atomic E-state index is 0.0287. The Hall–Kier alpha value is -2.62. The lowest BCUT2D eigenvalue weighted by atomic mass is 10.0. The number of hydrogen-bond acceptors (Lipinski definition) is 3. The average molecular weight is 365 g/mol. The van der Waals surface area contributed by atoms with Crippen LogP contribution in [0.2, 0.25) is 0 Å². The predicted molar refractivity (Wildman–Crippen MR) is 107 cm³/mol. The van der Waals surface area contributed by atoms with Gasteiger partial charge in [0.1, 0.15) is 5.75 Å². The van der Waals surface area contributed by atoms with E-state index in [1.165, 1.54) is 0 Å². The number of ether oxygens (including phenoxy) is 1. The first-order chi connectivity index (χ1) is 12.8. The van der Waals surface area contributed by atoms with Crippen molar-refractivity contribution in [2.24, 2.45) is 5.92 Å². The highest BCUT2D eigenvalue weighted by Gasteiger charge is 2.37. The normalized spacial score (nSPS) is 16.9. The summed E-state index contributed by atoms with van der Waals surface area (Å²) in [7, 11) is 0. The van der Waals surface area contributed by atoms with Crippen LogP contribution in [0.15, 0.2) is 36.4 Å². The summed E-state index contributed by atoms with van der Waals surface area (Å²) in [6.45, 7) is 10.5. The highest BCUT2D eigenvalue weighted by atomic mass is 16.5. The summed E-state index contributed by atoms with van der Waals surface area (Å²) in [5, 5.41) is 0. The van der Waals surface area contributed by atoms with Crippen molar-refractivity contribution in [2.45, 2.75) is 47.0 Å². The van der Waals surface area contributed by atoms with E-state index in [1.807, 2.05) is 57.2 Å². The van der Waals surface area contributed by atoms with Crippen molar-refractivity contribution in [3.8, 4) is 5.75 Å². The van der Waals surface area contributed by atoms with Crippen LogP contribution in [0.5, 0.6) is 5.75 Å². The minimum Gasteiger partial charge on any atom is -0.426 e. The molecule has 0 unspecified atom stereocenters. The van der Waals surface area contributed by atoms with Gasteiger partial charge in [0, 0.05) is 18.7 Å². The molecule has 0 aromatic heterocycles. The van der Waals surface area contributed by atoms with Crippen molar-refractivity contribution in [3.63, 3.8) is 0 Å². The number of anilines is 1. The fourth-order valence-corrected chi connectivity index (χ4v) is 3.51. The molecule has 0 aliphatic carbocycles. The molecule has 142 valence electrons. The van der Waals surface area contributed by atoms with E-state index in [-0.39, 0.29) is 24.2 Å². The summed E-state index contributed by atoms with van der Waals surface area (Å²) in [6, 6.07) is 11.9. The van der Waals surface area contributed by atoms with Crippen LogP contribution in [0.25, 0.3) is 0 Å². The molecule has 1 fully saturated rings. The number of hydrogen-bond donors (Lipinski definition) is 0. The molecule has 0 bridgehead atoms. The van der Waals surface area contributed by atoms with Crippen LogP contribution in [-0.4, -0.2) is 18.4 Å². The van der Waals surface area contributed by atoms with Gasteiger partial charge in [-0.3, -0.25) is 9.59 Å². The Morgan fingerprint density at radius 1 is 1.07 bits per heavy atom. The van der Waals surface area contributed by atoms with E-state index in [1.54, 1.807) is 4.90 Å². The van der Waals surface area contributed by atoms with E-state index in [9.17, 15) is 9.59 Å². The van der Waals surface area contributed by atoms with Crippen LogP contribution < -0.4 is 9.64 Å². The van der Waals surface area contributed by atoms with Gasteiger partial charge < -0.3 is 9.64 Å². The first-order valence-corrected chi connectivity index (χ1v) is 9.46. The molecule has 0 radical (unpaired) electrons. The summed E-state index contributed by atoms with van der Waals surface area (Å²) >= 11 is 0. The molecule has 2 aromatic carbocycles. The maximum absolute atomic E-state index is 12.8. The Kier molecular flexibility index (Phi) is 5.36. The summed E-state index contributed by atoms with van der Waals surface area (Å²) in [5.41, 5.74) is 5.06. The molecule has 1 saturated heterocycles. The maximum Gasteiger partial charge on any atom is 0.316 e. The minimum atomic E-state index is -0.446. The van der Waals surface area contributed by atoms with Crippen molar-refractivity contribution in [3.05, 3.63) is 58.7 Å². The second-order valence-corrected chi connectivity index (χ2v) is 7.81. The molecule has 4 heteroatoms. The van der Waals surface area contributed by atoms with Gasteiger partial charge in [-0.15, -0.1) is 0 Å². The highest BCUT2D eigenvalue weighted by Crippen LogP contribution is 2.32. The number of carbonyl (C=O) groups excluding carboxylic acids is 2. The first kappa shape index (κ1) is 19.2. The van der Waals surface area contributed by atoms with E-state index >= 15 is 0 Å². The quantitative estimate of drug-likeness (QED) is 0.583. The standard InChI is InChI=1S/C23H27NO3/c1-14(2)19-9-7-16(4)11-21(19)27-23(26)18-12-22(25)24(13-18)20-10-15(3)6-8-17(20)5/h6-11,14,18H,12-13H2,1-5H3/t18-/m1/s1. The molecule has 0 saturated carbocycles. The molecule has 1 heterocycles. The molecule has 2 aromatic rings. The average Bonchev–Trinajstić information content (AvgIpc) is 2.98. The second kappa shape index (κ2) is 7.55. The van der Waals surface area contributed by atoms with Gasteiger partial charge in [0.2, 0.25) is 5.91 Å². The second-order valence-electron chi connectivity index (χ2n) is 7.81. The largest absolute Gasteiger partial charge is 0.426 e. The van der Waals surface area contributed by atoms with Crippen LogP contribution in [0.3, 0.4) is 0 Å². The summed E-state index contributed by atoms with van der Waals surface area (Å²) in [4.78, 5) is 27.0. The van der Waals surface area contributed by atoms with Gasteiger partial charge >= 0.3 is 5.97 Å². The number of esters is 1. The van der Waals surface area contributed by atoms with Crippen molar-refractivity contribution in [1.29, 1.82) is 0 Å². The van der Waals surface area contributed by atoms with Gasteiger partial charge in [-0.05, 0) is 61.1 Å². The Morgan fingerprint density at radius 3 is 2.44 bits per heavy atom. The topological polar surface area (TPSA) is 46.6 Å². The third kappa shape index (κ3) is 4.05. The van der Waals surface area contributed by atoms with Crippen molar-refractivity contribution in [1.82, 2.24) is 0 Å². The van der Waals surface area contributed by atoms with Crippen molar-refractivity contribution >= 4 is 17.6 Å². The number of aryl methyl sites for hydroxylation is 3. The van der Waals surface area contributed by atoms with Crippen molar-refractivity contribution < 1.29 is 14.3 Å². The number of amides is 1. The molecule has 1 aliphatic rings. The van der Waals surface area contributed by atoms with Gasteiger partial charge in [-0.2, -0.15) is 0 Å². The van der Waals surface area contributed by atoms with Gasteiger partial charge in [0.15, 0.2) is 0 Å². The lowest BCUT2D eigenvalue weighted by Gasteiger charge is -2.20. The van der Waals surface area contributed by atoms with Crippen LogP contribution in [0.1, 0.15) is 48.4 Å². The van der Waals surface area contributed by atoms with Crippen LogP contribution in [-0.2, 0) is 9.59 Å². The lowest BCUT2D eigenvalue weighted by molar-refractivity contribution is -0.139. The Morgan fingerprint density at radius 2 is 1.74 bits per heavy atom. The summed E-state index contributed by atoms with van der Waals surface area (Å²) in [6.07, 6.45) is 0.190. The van der Waals surface area contributed by atoms with Crippen LogP contribution in [0.4, 0.5) is 5.69 Å². The Balaban J connectivity index is 1.79. The number of carbonyl (C=O) groups is 2. The number of rotatable bonds is 4. The van der Waals surface area contributed by atoms with Gasteiger partial charge in [-0.1, -0.05) is 38.1 Å². The Labute approximate surface area is 161 Å². The lowest BCUT2D eigenvalue weighted by Crippen LogP contribution is -2.28. The van der Waals surface area contributed by atoms with Gasteiger partial charge in [0.25, 0.3) is 0 Å². The number of benzene rings is 2. The van der Waals surface area contributed by atoms with Gasteiger partial charge in [-0.25, -0.2) is 0 Å². The molecular weight excluding hydrogens is 338 g/mol. The molecule has 0 spiro atoms. The zero-order valence-corrected chi connectivity index (χ0v) is 16.7. The predicted octanol–water partition coefficient (Wildman–Crippen LogP) is 4.69. The molecule has 1 amide bonds. The molecule has 27 heavy (non-hydrogen) atoms. The molecule has 3 rings (SSSR count). The molecular formula is C23H27NO3. The zero-order valence-electron chi connectivity index (χ0n) is 16.7. The first-order valence-electron chi connectivity index (χ1n) is 9.46. The maximum atomic E-state index is 12.8. The van der Waals surface area contributed by atoms with Crippen molar-refractivity contribution in [2.75, 3.05) is 11.4 Å². The fourth-order valence-electron chi connectivity index (χ4n) is 3.51. The smallest absolute Gasteiger partial charge is 0.316 e. The third-order valence-corrected chi connectivity index (χ3v) is 5.12. The third-order valence-electron chi connectivity index (χ3n) is 5.12. The van der Waals surface area contributed by atoms with E-state index in [4.69, 9.17) is 4.74 Å². The molecule has 0 N–H and O–H groups in total. The highest BCUT2D eigenvalue weighted by molar-refractivity contribution is 6.00. The molecule has 4 nitrogen and oxygen atoms in total. The monoisotopic (exact) mass is 365 g/mol. The summed E-state index contributed by atoms with van der Waals surface area (Å²) in [5.74, 6) is 0.0539. The van der Waals surface area contributed by atoms with Gasteiger partial charge in [0.05, 0.1) is 5.92 Å². The van der Waals surface area contributed by atoms with E-state index < -0.39 is 5.92 Å². The SMILES string of the molecule is Cc1ccc(C(C)C)c(OC(=O)[C@@H]2CC(=O)N(c3cc(C)ccc3C)C2)c1. The van der Waals surface area contributed by atoms with Crippen LogP contribution in [0, 0.1) is 26.7 Å². The molecule has 1 aliphatic heterocycles. The van der Waals surface area contributed by atoms with Crippen LogP contribution >= 0.6 is 0 Å². The van der Waals surface area contributed by atoms with E-state index in [0.29, 0.717) is 12.3 Å². The fraction of sp³-hybridized carbons (Fsp3) is 0.391. The van der Waals surface area contributed by atoms with E-state index in [2.05, 4.69) is 13.8 Å². The zero-order chi connectivity index (χ0) is 19.7. The van der Waals surface area contributed by atoms with E-state index in [0.717, 1.165) is 27.9 Å². The number of nitrogens with zero attached hydrogens (tertiary/aromatic N) is 1. The summed E-state index contributed by atoms with van der Waals surface area (Å²) < 4.78 is 5.74.